The molecule has 100 valence electrons. The molecular weight excluding hydrogens is 256 g/mol. The van der Waals surface area contributed by atoms with E-state index in [0.29, 0.717) is 12.8 Å². The molecule has 0 radical (unpaired) electrons. The Kier molecular flexibility index (Phi) is 4.62. The van der Waals surface area contributed by atoms with E-state index < -0.39 is 6.10 Å². The maximum atomic E-state index is 10.2. The van der Waals surface area contributed by atoms with Crippen LogP contribution in [0.2, 0.25) is 5.02 Å². The highest BCUT2D eigenvalue weighted by atomic mass is 35.5. The maximum absolute atomic E-state index is 10.2. The third-order valence-electron chi connectivity index (χ3n) is 3.46. The first-order valence-corrected chi connectivity index (χ1v) is 6.91. The van der Waals surface area contributed by atoms with Gasteiger partial charge in [-0.05, 0) is 48.6 Å². The van der Waals surface area contributed by atoms with Crippen molar-refractivity contribution in [3.63, 3.8) is 0 Å². The van der Waals surface area contributed by atoms with Crippen LogP contribution < -0.4 is 0 Å². The first-order chi connectivity index (χ1) is 9.06. The minimum absolute atomic E-state index is 0.401. The van der Waals surface area contributed by atoms with Gasteiger partial charge in [-0.15, -0.1) is 0 Å². The van der Waals surface area contributed by atoms with E-state index in [1.807, 2.05) is 24.3 Å². The van der Waals surface area contributed by atoms with Gasteiger partial charge in [-0.1, -0.05) is 48.0 Å². The third-order valence-corrected chi connectivity index (χ3v) is 3.82. The van der Waals surface area contributed by atoms with Gasteiger partial charge in [0.1, 0.15) is 0 Å². The van der Waals surface area contributed by atoms with Crippen molar-refractivity contribution in [3.05, 3.63) is 69.7 Å². The normalized spacial score (nSPS) is 12.4. The first kappa shape index (κ1) is 14.1. The van der Waals surface area contributed by atoms with Crippen LogP contribution in [0.4, 0.5) is 0 Å². The van der Waals surface area contributed by atoms with Crippen molar-refractivity contribution in [1.29, 1.82) is 0 Å². The molecule has 0 spiro atoms. The van der Waals surface area contributed by atoms with Gasteiger partial charge in [-0.2, -0.15) is 0 Å². The molecule has 0 bridgehead atoms. The van der Waals surface area contributed by atoms with Crippen molar-refractivity contribution < 1.29 is 5.11 Å². The molecule has 0 aliphatic rings. The van der Waals surface area contributed by atoms with Crippen LogP contribution in [0.1, 0.15) is 22.3 Å². The highest BCUT2D eigenvalue weighted by molar-refractivity contribution is 6.31. The van der Waals surface area contributed by atoms with E-state index in [2.05, 4.69) is 32.0 Å². The summed E-state index contributed by atoms with van der Waals surface area (Å²) < 4.78 is 0. The summed E-state index contributed by atoms with van der Waals surface area (Å²) in [5, 5.41) is 10.9. The van der Waals surface area contributed by atoms with Crippen LogP contribution in [0.15, 0.2) is 42.5 Å². The van der Waals surface area contributed by atoms with Gasteiger partial charge in [0, 0.05) is 11.4 Å². The Morgan fingerprint density at radius 1 is 1.00 bits per heavy atom. The minimum Gasteiger partial charge on any atom is -0.392 e. The Balaban J connectivity index is 2.03. The van der Waals surface area contributed by atoms with E-state index in [9.17, 15) is 5.11 Å². The lowest BCUT2D eigenvalue weighted by atomic mass is 9.98. The molecule has 0 aliphatic carbocycles. The van der Waals surface area contributed by atoms with Crippen LogP contribution in [0.3, 0.4) is 0 Å². The number of hydrogen-bond acceptors (Lipinski definition) is 1. The summed E-state index contributed by atoms with van der Waals surface area (Å²) in [5.41, 5.74) is 4.72. The number of aliphatic hydroxyl groups excluding tert-OH is 1. The third kappa shape index (κ3) is 3.82. The second-order valence-corrected chi connectivity index (χ2v) is 5.48. The summed E-state index contributed by atoms with van der Waals surface area (Å²) in [4.78, 5) is 0. The van der Waals surface area contributed by atoms with E-state index in [1.165, 1.54) is 16.7 Å². The molecule has 0 heterocycles. The fraction of sp³-hybridized carbons (Fsp3) is 0.294. The monoisotopic (exact) mass is 274 g/mol. The Bertz CT molecular complexity index is 563. The lowest BCUT2D eigenvalue weighted by Crippen LogP contribution is -2.14. The second kappa shape index (κ2) is 6.23. The topological polar surface area (TPSA) is 20.2 Å². The summed E-state index contributed by atoms with van der Waals surface area (Å²) in [6.07, 6.45) is 0.848. The molecule has 2 aromatic carbocycles. The Labute approximate surface area is 119 Å². The number of halogens is 1. The van der Waals surface area contributed by atoms with Gasteiger partial charge >= 0.3 is 0 Å². The Morgan fingerprint density at radius 3 is 2.42 bits per heavy atom. The van der Waals surface area contributed by atoms with Crippen molar-refractivity contribution in [2.45, 2.75) is 32.8 Å². The molecule has 0 aromatic heterocycles. The fourth-order valence-corrected chi connectivity index (χ4v) is 2.41. The average molecular weight is 275 g/mol. The van der Waals surface area contributed by atoms with E-state index in [0.717, 1.165) is 10.6 Å². The average Bonchev–Trinajstić information content (AvgIpc) is 2.37. The molecule has 0 amide bonds. The fourth-order valence-electron chi connectivity index (χ4n) is 2.19. The van der Waals surface area contributed by atoms with Crippen molar-refractivity contribution >= 4 is 11.6 Å². The second-order valence-electron chi connectivity index (χ2n) is 5.07. The Hall–Kier alpha value is -1.31. The molecule has 1 N–H and O–H groups in total. The van der Waals surface area contributed by atoms with Gasteiger partial charge in [-0.3, -0.25) is 0 Å². The van der Waals surface area contributed by atoms with E-state index in [1.54, 1.807) is 0 Å². The van der Waals surface area contributed by atoms with Gasteiger partial charge in [0.15, 0.2) is 0 Å². The number of aryl methyl sites for hydroxylation is 2. The molecule has 0 saturated carbocycles. The standard InChI is InChI=1S/C17H19ClO/c1-12-7-8-14(9-13(12)2)10-16(19)11-15-5-3-4-6-17(15)18/h3-9,16,19H,10-11H2,1-2H3. The molecule has 19 heavy (non-hydrogen) atoms. The number of benzene rings is 2. The number of rotatable bonds is 4. The summed E-state index contributed by atoms with van der Waals surface area (Å²) in [6, 6.07) is 14.0. The summed E-state index contributed by atoms with van der Waals surface area (Å²) in [7, 11) is 0. The molecular formula is C17H19ClO. The van der Waals surface area contributed by atoms with E-state index >= 15 is 0 Å². The van der Waals surface area contributed by atoms with Gasteiger partial charge in [0.05, 0.1) is 6.10 Å². The zero-order valence-electron chi connectivity index (χ0n) is 11.4. The molecule has 0 saturated heterocycles. The van der Waals surface area contributed by atoms with Crippen LogP contribution >= 0.6 is 11.6 Å². The number of aliphatic hydroxyl groups is 1. The molecule has 0 aliphatic heterocycles. The van der Waals surface area contributed by atoms with Gasteiger partial charge in [0.25, 0.3) is 0 Å². The van der Waals surface area contributed by atoms with Gasteiger partial charge in [0.2, 0.25) is 0 Å². The highest BCUT2D eigenvalue weighted by Crippen LogP contribution is 2.18. The molecule has 1 unspecified atom stereocenters. The van der Waals surface area contributed by atoms with E-state index in [4.69, 9.17) is 11.6 Å². The van der Waals surface area contributed by atoms with Gasteiger partial charge < -0.3 is 5.11 Å². The van der Waals surface area contributed by atoms with Crippen molar-refractivity contribution in [2.24, 2.45) is 0 Å². The summed E-state index contributed by atoms with van der Waals surface area (Å²) in [5.74, 6) is 0. The van der Waals surface area contributed by atoms with Gasteiger partial charge in [-0.25, -0.2) is 0 Å². The predicted octanol–water partition coefficient (Wildman–Crippen LogP) is 4.10. The summed E-state index contributed by atoms with van der Waals surface area (Å²) >= 11 is 6.11. The predicted molar refractivity (Wildman–Crippen MR) is 80.8 cm³/mol. The minimum atomic E-state index is -0.401. The SMILES string of the molecule is Cc1ccc(CC(O)Cc2ccccc2Cl)cc1C. The van der Waals surface area contributed by atoms with Crippen molar-refractivity contribution in [3.8, 4) is 0 Å². The highest BCUT2D eigenvalue weighted by Gasteiger charge is 2.09. The maximum Gasteiger partial charge on any atom is 0.0621 e. The molecule has 2 aromatic rings. The number of hydrogen-bond donors (Lipinski definition) is 1. The zero-order valence-corrected chi connectivity index (χ0v) is 12.1. The van der Waals surface area contributed by atoms with Crippen LogP contribution in [-0.2, 0) is 12.8 Å². The van der Waals surface area contributed by atoms with Crippen LogP contribution in [-0.4, -0.2) is 11.2 Å². The largest absolute Gasteiger partial charge is 0.392 e. The molecule has 1 atom stereocenters. The molecule has 0 fully saturated rings. The lowest BCUT2D eigenvalue weighted by Gasteiger charge is -2.13. The van der Waals surface area contributed by atoms with Crippen LogP contribution in [0.25, 0.3) is 0 Å². The smallest absolute Gasteiger partial charge is 0.0621 e. The van der Waals surface area contributed by atoms with E-state index in [-0.39, 0.29) is 0 Å². The molecule has 2 rings (SSSR count). The first-order valence-electron chi connectivity index (χ1n) is 6.54. The molecule has 1 nitrogen and oxygen atoms in total. The zero-order chi connectivity index (χ0) is 13.8. The Morgan fingerprint density at radius 2 is 1.74 bits per heavy atom. The summed E-state index contributed by atoms with van der Waals surface area (Å²) in [6.45, 7) is 4.19. The van der Waals surface area contributed by atoms with Crippen LogP contribution in [0, 0.1) is 13.8 Å². The van der Waals surface area contributed by atoms with Crippen molar-refractivity contribution in [2.75, 3.05) is 0 Å². The molecule has 2 heteroatoms. The van der Waals surface area contributed by atoms with Crippen molar-refractivity contribution in [1.82, 2.24) is 0 Å². The lowest BCUT2D eigenvalue weighted by molar-refractivity contribution is 0.175. The quantitative estimate of drug-likeness (QED) is 0.890. The van der Waals surface area contributed by atoms with Crippen LogP contribution in [0.5, 0.6) is 0 Å².